The van der Waals surface area contributed by atoms with Crippen molar-refractivity contribution in [2.75, 3.05) is 6.61 Å². The van der Waals surface area contributed by atoms with Crippen molar-refractivity contribution < 1.29 is 18.7 Å². The molecule has 0 bridgehead atoms. The normalized spacial score (nSPS) is 14.5. The molecule has 0 N–H and O–H groups in total. The van der Waals surface area contributed by atoms with Crippen LogP contribution in [0.3, 0.4) is 0 Å². The van der Waals surface area contributed by atoms with Crippen LogP contribution in [0.4, 0.5) is 0 Å². The Morgan fingerprint density at radius 1 is 1.42 bits per heavy atom. The van der Waals surface area contributed by atoms with E-state index in [1.807, 2.05) is 13.0 Å². The summed E-state index contributed by atoms with van der Waals surface area (Å²) in [7, 11) is -2.36. The molecule has 0 aliphatic carbocycles. The first kappa shape index (κ1) is 14.1. The Bertz CT molecular complexity index is 630. The quantitative estimate of drug-likeness (QED) is 0.466. The van der Waals surface area contributed by atoms with Crippen molar-refractivity contribution in [3.63, 3.8) is 0 Å². The first-order valence-electron chi connectivity index (χ1n) is 6.26. The SMILES string of the molecule is CCCCOP(=O)([O-])c1c[n+](C)nc2ccccc12. The second kappa shape index (κ2) is 5.78. The van der Waals surface area contributed by atoms with E-state index in [0.29, 0.717) is 10.9 Å². The maximum absolute atomic E-state index is 12.2. The van der Waals surface area contributed by atoms with Crippen LogP contribution in [0.25, 0.3) is 10.9 Å². The van der Waals surface area contributed by atoms with Crippen LogP contribution in [0, 0.1) is 0 Å². The average molecular weight is 280 g/mol. The van der Waals surface area contributed by atoms with Gasteiger partial charge in [-0.2, -0.15) is 0 Å². The molecule has 0 fully saturated rings. The van der Waals surface area contributed by atoms with Gasteiger partial charge in [-0.05, 0) is 17.6 Å². The van der Waals surface area contributed by atoms with Crippen molar-refractivity contribution in [2.45, 2.75) is 19.8 Å². The van der Waals surface area contributed by atoms with Crippen LogP contribution >= 0.6 is 7.60 Å². The first-order chi connectivity index (χ1) is 9.04. The second-order valence-corrected chi connectivity index (χ2v) is 6.12. The maximum Gasteiger partial charge on any atom is 0.208 e. The molecule has 0 aliphatic rings. The highest BCUT2D eigenvalue weighted by Gasteiger charge is 2.20. The van der Waals surface area contributed by atoms with Crippen molar-refractivity contribution >= 4 is 23.8 Å². The first-order valence-corrected chi connectivity index (χ1v) is 7.80. The minimum Gasteiger partial charge on any atom is -0.775 e. The Hall–Kier alpha value is -1.29. The van der Waals surface area contributed by atoms with Gasteiger partial charge in [0.2, 0.25) is 6.20 Å². The molecule has 1 aromatic heterocycles. The van der Waals surface area contributed by atoms with E-state index in [4.69, 9.17) is 4.52 Å². The second-order valence-electron chi connectivity index (χ2n) is 4.39. The number of aromatic nitrogens is 2. The highest BCUT2D eigenvalue weighted by atomic mass is 31.2. The highest BCUT2D eigenvalue weighted by molar-refractivity contribution is 7.60. The van der Waals surface area contributed by atoms with Gasteiger partial charge in [0, 0.05) is 5.39 Å². The van der Waals surface area contributed by atoms with E-state index < -0.39 is 7.60 Å². The smallest absolute Gasteiger partial charge is 0.208 e. The van der Waals surface area contributed by atoms with E-state index in [9.17, 15) is 9.46 Å². The van der Waals surface area contributed by atoms with Crippen molar-refractivity contribution in [1.29, 1.82) is 0 Å². The lowest BCUT2D eigenvalue weighted by atomic mass is 10.2. The van der Waals surface area contributed by atoms with Crippen LogP contribution in [0.2, 0.25) is 0 Å². The third-order valence-corrected chi connectivity index (χ3v) is 4.28. The molecule has 0 spiro atoms. The summed E-state index contributed by atoms with van der Waals surface area (Å²) in [6.07, 6.45) is 3.11. The largest absolute Gasteiger partial charge is 0.775 e. The molecule has 1 unspecified atom stereocenters. The van der Waals surface area contributed by atoms with E-state index >= 15 is 0 Å². The molecule has 1 heterocycles. The van der Waals surface area contributed by atoms with Crippen LogP contribution < -0.4 is 14.9 Å². The molecule has 2 rings (SSSR count). The number of rotatable bonds is 5. The fraction of sp³-hybridized carbons (Fsp3) is 0.385. The fourth-order valence-corrected chi connectivity index (χ4v) is 3.14. The minimum absolute atomic E-state index is 0.191. The zero-order valence-electron chi connectivity index (χ0n) is 11.1. The zero-order chi connectivity index (χ0) is 13.9. The molecule has 0 saturated carbocycles. The van der Waals surface area contributed by atoms with E-state index in [2.05, 4.69) is 5.10 Å². The summed E-state index contributed by atoms with van der Waals surface area (Å²) in [5, 5.41) is 5.03. The highest BCUT2D eigenvalue weighted by Crippen LogP contribution is 2.37. The number of nitrogens with zero attached hydrogens (tertiary/aromatic N) is 2. The lowest BCUT2D eigenvalue weighted by Gasteiger charge is -2.23. The molecule has 19 heavy (non-hydrogen) atoms. The van der Waals surface area contributed by atoms with Crippen molar-refractivity contribution in [1.82, 2.24) is 5.10 Å². The lowest BCUT2D eigenvalue weighted by Crippen LogP contribution is -2.38. The van der Waals surface area contributed by atoms with Crippen LogP contribution in [-0.2, 0) is 16.1 Å². The predicted octanol–water partition coefficient (Wildman–Crippen LogP) is 1.05. The number of unbranched alkanes of at least 4 members (excludes halogenated alkanes) is 1. The summed E-state index contributed by atoms with van der Waals surface area (Å²) >= 11 is 0. The summed E-state index contributed by atoms with van der Waals surface area (Å²) in [6.45, 7) is 2.21. The maximum atomic E-state index is 12.2. The van der Waals surface area contributed by atoms with Gasteiger partial charge in [0.25, 0.3) is 0 Å². The number of benzene rings is 1. The van der Waals surface area contributed by atoms with Gasteiger partial charge in [-0.1, -0.05) is 36.2 Å². The molecule has 0 aliphatic heterocycles. The summed E-state index contributed by atoms with van der Waals surface area (Å²) in [5.41, 5.74) is 0.637. The van der Waals surface area contributed by atoms with E-state index in [-0.39, 0.29) is 11.9 Å². The molecule has 2 aromatic rings. The van der Waals surface area contributed by atoms with Gasteiger partial charge in [-0.15, -0.1) is 0 Å². The van der Waals surface area contributed by atoms with Crippen LogP contribution in [0.1, 0.15) is 19.8 Å². The van der Waals surface area contributed by atoms with E-state index in [0.717, 1.165) is 12.8 Å². The average Bonchev–Trinajstić information content (AvgIpc) is 2.38. The van der Waals surface area contributed by atoms with Crippen molar-refractivity contribution in [3.8, 4) is 0 Å². The van der Waals surface area contributed by atoms with Crippen molar-refractivity contribution in [3.05, 3.63) is 30.5 Å². The topological polar surface area (TPSA) is 66.1 Å². The molecular weight excluding hydrogens is 263 g/mol. The number of hydrogen-bond donors (Lipinski definition) is 0. The Morgan fingerprint density at radius 2 is 2.16 bits per heavy atom. The lowest BCUT2D eigenvalue weighted by molar-refractivity contribution is -0.727. The Morgan fingerprint density at radius 3 is 2.89 bits per heavy atom. The van der Waals surface area contributed by atoms with Crippen LogP contribution in [0.5, 0.6) is 0 Å². The summed E-state index contributed by atoms with van der Waals surface area (Å²) in [5.74, 6) is 0. The molecule has 0 radical (unpaired) electrons. The molecule has 0 saturated heterocycles. The number of aryl methyl sites for hydroxylation is 1. The Labute approximate surface area is 112 Å². The molecule has 1 atom stereocenters. The van der Waals surface area contributed by atoms with Gasteiger partial charge in [-0.25, -0.2) is 0 Å². The summed E-state index contributed by atoms with van der Waals surface area (Å²) in [4.78, 5) is 12.2. The van der Waals surface area contributed by atoms with Crippen molar-refractivity contribution in [2.24, 2.45) is 7.05 Å². The van der Waals surface area contributed by atoms with Gasteiger partial charge in [-0.3, -0.25) is 0 Å². The van der Waals surface area contributed by atoms with Gasteiger partial charge < -0.3 is 14.0 Å². The summed E-state index contributed by atoms with van der Waals surface area (Å²) in [6, 6.07) is 7.14. The third kappa shape index (κ3) is 3.18. The summed E-state index contributed by atoms with van der Waals surface area (Å²) < 4.78 is 18.8. The monoisotopic (exact) mass is 280 g/mol. The number of hydrogen-bond acceptors (Lipinski definition) is 4. The molecule has 1 aromatic carbocycles. The standard InChI is InChI=1S/C13H17N2O3P/c1-3-4-9-18-19(16,17)13-10-15(2)14-12-8-6-5-7-11(12)13/h5-8,10H,3-4,9H2,1-2H3. The van der Waals surface area contributed by atoms with E-state index in [1.54, 1.807) is 25.2 Å². The zero-order valence-corrected chi connectivity index (χ0v) is 12.0. The predicted molar refractivity (Wildman–Crippen MR) is 71.0 cm³/mol. The Balaban J connectivity index is 2.46. The molecule has 6 heteroatoms. The third-order valence-electron chi connectivity index (χ3n) is 2.81. The van der Waals surface area contributed by atoms with Crippen LogP contribution in [0.15, 0.2) is 30.5 Å². The minimum atomic E-state index is -4.06. The Kier molecular flexibility index (Phi) is 4.30. The van der Waals surface area contributed by atoms with Gasteiger partial charge >= 0.3 is 0 Å². The van der Waals surface area contributed by atoms with Crippen LogP contribution in [-0.4, -0.2) is 11.7 Å². The fourth-order valence-electron chi connectivity index (χ4n) is 1.84. The van der Waals surface area contributed by atoms with Gasteiger partial charge in [0.1, 0.15) is 5.52 Å². The molecule has 0 amide bonds. The molecule has 5 nitrogen and oxygen atoms in total. The molecular formula is C13H17N2O3P. The van der Waals surface area contributed by atoms with Gasteiger partial charge in [0.15, 0.2) is 14.6 Å². The molecule has 102 valence electrons. The van der Waals surface area contributed by atoms with Gasteiger partial charge in [0.05, 0.1) is 11.9 Å². The number of fused-ring (bicyclic) bond motifs is 1. The van der Waals surface area contributed by atoms with E-state index in [1.165, 1.54) is 10.9 Å².